The number of oxazole rings is 1. The van der Waals surface area contributed by atoms with Crippen molar-refractivity contribution in [3.8, 4) is 11.4 Å². The lowest BCUT2D eigenvalue weighted by Crippen LogP contribution is -2.16. The number of carbonyl (C=O) groups is 2. The van der Waals surface area contributed by atoms with Gasteiger partial charge in [0, 0.05) is 36.8 Å². The van der Waals surface area contributed by atoms with Crippen LogP contribution in [0.1, 0.15) is 46.3 Å². The first kappa shape index (κ1) is 22.1. The van der Waals surface area contributed by atoms with Crippen LogP contribution in [-0.4, -0.2) is 52.4 Å². The second-order valence-corrected chi connectivity index (χ2v) is 5.99. The van der Waals surface area contributed by atoms with E-state index in [0.717, 1.165) is 6.21 Å². The van der Waals surface area contributed by atoms with Crippen LogP contribution in [0, 0.1) is 5.41 Å². The Morgan fingerprint density at radius 2 is 1.93 bits per heavy atom. The van der Waals surface area contributed by atoms with Gasteiger partial charge in [-0.15, -0.1) is 0 Å². The number of allylic oxidation sites excluding steroid dienone is 2. The quantitative estimate of drug-likeness (QED) is 0.263. The molecule has 0 fully saturated rings. The molecule has 0 saturated heterocycles. The second kappa shape index (κ2) is 8.86. The van der Waals surface area contributed by atoms with Crippen molar-refractivity contribution in [2.45, 2.75) is 13.8 Å². The van der Waals surface area contributed by atoms with Crippen LogP contribution in [0.3, 0.4) is 0 Å². The van der Waals surface area contributed by atoms with E-state index in [-0.39, 0.29) is 52.2 Å². The summed E-state index contributed by atoms with van der Waals surface area (Å²) in [6.07, 6.45) is 0.959. The summed E-state index contributed by atoms with van der Waals surface area (Å²) < 4.78 is 5.47. The largest absolute Gasteiger partial charge is 0.504 e. The van der Waals surface area contributed by atoms with Crippen LogP contribution in [0.2, 0.25) is 0 Å². The predicted molar refractivity (Wildman–Crippen MR) is 111 cm³/mol. The Kier molecular flexibility index (Phi) is 6.52. The summed E-state index contributed by atoms with van der Waals surface area (Å²) in [7, 11) is 1.57. The van der Waals surface area contributed by atoms with Crippen molar-refractivity contribution >= 4 is 29.4 Å². The van der Waals surface area contributed by atoms with E-state index in [9.17, 15) is 14.7 Å². The predicted octanol–water partition coefficient (Wildman–Crippen LogP) is 0.531. The van der Waals surface area contributed by atoms with Gasteiger partial charge in [-0.25, -0.2) is 9.97 Å². The molecule has 0 radical (unpaired) electrons. The van der Waals surface area contributed by atoms with E-state index in [4.69, 9.17) is 27.0 Å². The number of anilines is 1. The number of aliphatic hydroxyl groups excluding tert-OH is 1. The molecule has 12 nitrogen and oxygen atoms in total. The van der Waals surface area contributed by atoms with Gasteiger partial charge >= 0.3 is 0 Å². The van der Waals surface area contributed by atoms with Crippen molar-refractivity contribution < 1.29 is 19.1 Å². The third-order valence-corrected chi connectivity index (χ3v) is 3.92. The Morgan fingerprint density at radius 3 is 2.40 bits per heavy atom. The Labute approximate surface area is 171 Å². The Hall–Kier alpha value is -4.22. The third-order valence-electron chi connectivity index (χ3n) is 3.92. The average Bonchev–Trinajstić information content (AvgIpc) is 3.15. The molecule has 0 aliphatic heterocycles. The Morgan fingerprint density at radius 1 is 1.27 bits per heavy atom. The molecule has 0 unspecified atom stereocenters. The molecule has 2 amide bonds. The number of aliphatic hydroxyl groups is 1. The highest BCUT2D eigenvalue weighted by Crippen LogP contribution is 2.30. The maximum atomic E-state index is 12.0. The number of nitrogens with zero attached hydrogens (tertiary/aromatic N) is 3. The van der Waals surface area contributed by atoms with E-state index in [1.807, 2.05) is 0 Å². The zero-order chi connectivity index (χ0) is 22.6. The summed E-state index contributed by atoms with van der Waals surface area (Å²) in [5.74, 6) is -2.85. The number of nitrogens with one attached hydrogen (secondary N) is 2. The summed E-state index contributed by atoms with van der Waals surface area (Å²) in [5, 5.41) is 20.8. The fourth-order valence-electron chi connectivity index (χ4n) is 2.55. The minimum absolute atomic E-state index is 0.0433. The van der Waals surface area contributed by atoms with Crippen LogP contribution in [0.15, 0.2) is 26.9 Å². The van der Waals surface area contributed by atoms with Gasteiger partial charge in [-0.3, -0.25) is 14.6 Å². The lowest BCUT2D eigenvalue weighted by atomic mass is 10.1. The number of hydrogen-bond acceptors (Lipinski definition) is 10. The topological polar surface area (TPSA) is 220 Å². The fraction of sp³-hybridized carbons (Fsp3) is 0.222. The van der Waals surface area contributed by atoms with E-state index < -0.39 is 17.6 Å². The molecule has 30 heavy (non-hydrogen) atoms. The van der Waals surface area contributed by atoms with E-state index in [1.54, 1.807) is 14.0 Å². The number of primary amides is 2. The molecule has 0 bridgehead atoms. The number of carbonyl (C=O) groups excluding carboxylic acids is 2. The monoisotopic (exact) mass is 414 g/mol. The van der Waals surface area contributed by atoms with Crippen molar-refractivity contribution in [2.75, 3.05) is 18.9 Å². The van der Waals surface area contributed by atoms with Crippen molar-refractivity contribution in [1.82, 2.24) is 9.97 Å². The van der Waals surface area contributed by atoms with Crippen molar-refractivity contribution in [3.63, 3.8) is 0 Å². The van der Waals surface area contributed by atoms with Gasteiger partial charge in [-0.1, -0.05) is 0 Å². The van der Waals surface area contributed by atoms with Crippen molar-refractivity contribution in [3.05, 3.63) is 40.4 Å². The number of nitrogens with two attached hydrogens (primary N) is 3. The lowest BCUT2D eigenvalue weighted by molar-refractivity contribution is 0.0972. The summed E-state index contributed by atoms with van der Waals surface area (Å²) in [5.41, 5.74) is 16.6. The van der Waals surface area contributed by atoms with Gasteiger partial charge in [-0.2, -0.15) is 0 Å². The third kappa shape index (κ3) is 4.11. The van der Waals surface area contributed by atoms with Gasteiger partial charge in [0.1, 0.15) is 17.1 Å². The van der Waals surface area contributed by atoms with Gasteiger partial charge in [0.15, 0.2) is 11.5 Å². The first-order valence-corrected chi connectivity index (χ1v) is 8.70. The number of hydrogen-bond donors (Lipinski definition) is 6. The summed E-state index contributed by atoms with van der Waals surface area (Å²) in [4.78, 5) is 36.2. The molecule has 0 aliphatic carbocycles. The molecular formula is C18H22N8O4. The number of aromatic nitrogens is 2. The fourth-order valence-corrected chi connectivity index (χ4v) is 2.55. The highest BCUT2D eigenvalue weighted by molar-refractivity contribution is 6.10. The number of rotatable bonds is 8. The lowest BCUT2D eigenvalue weighted by Gasteiger charge is -2.11. The number of pyridine rings is 1. The molecule has 12 heteroatoms. The number of aliphatic imine (C=N–C) groups is 1. The highest BCUT2D eigenvalue weighted by atomic mass is 16.4. The number of amides is 2. The molecule has 0 aliphatic rings. The zero-order valence-electron chi connectivity index (χ0n) is 16.6. The smallest absolute Gasteiger partial charge is 0.286 e. The van der Waals surface area contributed by atoms with Crippen molar-refractivity contribution in [2.24, 2.45) is 22.2 Å². The second-order valence-electron chi connectivity index (χ2n) is 5.99. The van der Waals surface area contributed by atoms with Crippen LogP contribution in [-0.2, 0) is 0 Å². The van der Waals surface area contributed by atoms with Gasteiger partial charge in [0.05, 0.1) is 0 Å². The summed E-state index contributed by atoms with van der Waals surface area (Å²) in [6.45, 7) is 3.41. The van der Waals surface area contributed by atoms with Crippen LogP contribution in [0.5, 0.6) is 0 Å². The van der Waals surface area contributed by atoms with E-state index in [1.165, 1.54) is 13.0 Å². The van der Waals surface area contributed by atoms with Crippen molar-refractivity contribution in [1.29, 1.82) is 5.41 Å². The molecule has 0 saturated carbocycles. The zero-order valence-corrected chi connectivity index (χ0v) is 16.6. The standard InChI is InChI=1S/C18H22N8O4/c1-4-24-13(14(27)7(2)20)18-26-12(15(30-18)17(22)29)11-8(6-19)9(23-3)5-10(25-11)16(21)28/h5-6,19,27H,4,20H2,1-3H3,(H2,21,28)(H2,22,29)(H,23,25)/b14-7+,19-6?,24-13?. The highest BCUT2D eigenvalue weighted by Gasteiger charge is 2.28. The van der Waals surface area contributed by atoms with Gasteiger partial charge in [0.25, 0.3) is 11.8 Å². The molecule has 0 spiro atoms. The van der Waals surface area contributed by atoms with E-state index in [2.05, 4.69) is 20.3 Å². The summed E-state index contributed by atoms with van der Waals surface area (Å²) in [6, 6.07) is 1.35. The molecule has 9 N–H and O–H groups in total. The van der Waals surface area contributed by atoms with Crippen LogP contribution in [0.25, 0.3) is 11.4 Å². The Bertz CT molecular complexity index is 1080. The molecular weight excluding hydrogens is 392 g/mol. The van der Waals surface area contributed by atoms with E-state index in [0.29, 0.717) is 5.69 Å². The maximum Gasteiger partial charge on any atom is 0.286 e. The minimum Gasteiger partial charge on any atom is -0.504 e. The van der Waals surface area contributed by atoms with Gasteiger partial charge in [0.2, 0.25) is 11.7 Å². The molecule has 0 aromatic carbocycles. The molecule has 0 atom stereocenters. The van der Waals surface area contributed by atoms with Gasteiger partial charge < -0.3 is 37.5 Å². The molecule has 2 heterocycles. The first-order chi connectivity index (χ1) is 14.2. The molecule has 158 valence electrons. The minimum atomic E-state index is -0.985. The van der Waals surface area contributed by atoms with Crippen LogP contribution < -0.4 is 22.5 Å². The van der Waals surface area contributed by atoms with Gasteiger partial charge in [-0.05, 0) is 19.9 Å². The molecule has 2 rings (SSSR count). The normalized spacial score (nSPS) is 12.3. The van der Waals surface area contributed by atoms with E-state index >= 15 is 0 Å². The van der Waals surface area contributed by atoms with Crippen LogP contribution in [0.4, 0.5) is 5.69 Å². The molecule has 2 aromatic heterocycles. The van der Waals surface area contributed by atoms with Crippen LogP contribution >= 0.6 is 0 Å². The maximum absolute atomic E-state index is 12.0. The first-order valence-electron chi connectivity index (χ1n) is 8.70. The Balaban J connectivity index is 2.90. The SMILES string of the molecule is CCN=C(/C(O)=C(/C)N)c1nc(-c2nc(C(N)=O)cc(NC)c2C=N)c(C(N)=O)o1. The summed E-state index contributed by atoms with van der Waals surface area (Å²) >= 11 is 0. The average molecular weight is 414 g/mol. The molecule has 2 aromatic rings.